The van der Waals surface area contributed by atoms with Crippen LogP contribution >= 0.6 is 0 Å². The average molecular weight is 238 g/mol. The lowest BCUT2D eigenvalue weighted by molar-refractivity contribution is -0.136. The van der Waals surface area contributed by atoms with Crippen molar-refractivity contribution in [2.45, 2.75) is 52.0 Å². The van der Waals surface area contributed by atoms with Gasteiger partial charge in [-0.15, -0.1) is 0 Å². The van der Waals surface area contributed by atoms with Crippen LogP contribution in [0.25, 0.3) is 0 Å². The van der Waals surface area contributed by atoms with Crippen molar-refractivity contribution in [1.29, 1.82) is 0 Å². The summed E-state index contributed by atoms with van der Waals surface area (Å²) >= 11 is 0. The van der Waals surface area contributed by atoms with E-state index in [1.165, 1.54) is 19.3 Å². The van der Waals surface area contributed by atoms with Crippen LogP contribution in [0.3, 0.4) is 0 Å². The molecule has 3 heteroatoms. The highest BCUT2D eigenvalue weighted by molar-refractivity contribution is 5.82. The quantitative estimate of drug-likeness (QED) is 0.812. The molecule has 0 bridgehead atoms. The van der Waals surface area contributed by atoms with Crippen molar-refractivity contribution in [2.24, 2.45) is 11.8 Å². The number of amides is 1. The highest BCUT2D eigenvalue weighted by atomic mass is 16.2. The summed E-state index contributed by atoms with van der Waals surface area (Å²) in [6, 6.07) is 0.0884. The molecule has 1 saturated carbocycles. The van der Waals surface area contributed by atoms with Crippen molar-refractivity contribution in [1.82, 2.24) is 10.2 Å². The lowest BCUT2D eigenvalue weighted by atomic mass is 9.95. The van der Waals surface area contributed by atoms with E-state index in [4.69, 9.17) is 0 Å². The summed E-state index contributed by atoms with van der Waals surface area (Å²) in [6.45, 7) is 7.29. The van der Waals surface area contributed by atoms with Gasteiger partial charge < -0.3 is 10.2 Å². The monoisotopic (exact) mass is 238 g/mol. The standard InChI is InChI=1S/C14H26N2O/c1-3-15-13-8-5-9-16(14(13)17)10-12-7-4-6-11(12)2/h11-13,15H,3-10H2,1-2H3. The maximum Gasteiger partial charge on any atom is 0.239 e. The van der Waals surface area contributed by atoms with E-state index >= 15 is 0 Å². The Labute approximate surface area is 105 Å². The maximum absolute atomic E-state index is 12.3. The number of rotatable bonds is 4. The Morgan fingerprint density at radius 1 is 1.29 bits per heavy atom. The zero-order valence-electron chi connectivity index (χ0n) is 11.2. The molecular weight excluding hydrogens is 212 g/mol. The van der Waals surface area contributed by atoms with Crippen molar-refractivity contribution in [3.63, 3.8) is 0 Å². The van der Waals surface area contributed by atoms with E-state index in [2.05, 4.69) is 24.1 Å². The zero-order chi connectivity index (χ0) is 12.3. The third-order valence-corrected chi connectivity index (χ3v) is 4.48. The third-order valence-electron chi connectivity index (χ3n) is 4.48. The molecule has 3 unspecified atom stereocenters. The second kappa shape index (κ2) is 5.85. The van der Waals surface area contributed by atoms with Crippen LogP contribution in [0.1, 0.15) is 46.0 Å². The molecule has 1 N–H and O–H groups in total. The number of hydrogen-bond donors (Lipinski definition) is 1. The van der Waals surface area contributed by atoms with Crippen LogP contribution in [0.15, 0.2) is 0 Å². The topological polar surface area (TPSA) is 32.3 Å². The van der Waals surface area contributed by atoms with Gasteiger partial charge in [-0.3, -0.25) is 4.79 Å². The van der Waals surface area contributed by atoms with Crippen LogP contribution in [-0.4, -0.2) is 36.5 Å². The molecule has 1 aliphatic heterocycles. The molecular formula is C14H26N2O. The van der Waals surface area contributed by atoms with Gasteiger partial charge in [-0.05, 0) is 37.6 Å². The number of likely N-dealkylation sites (N-methyl/N-ethyl adjacent to an activating group) is 1. The van der Waals surface area contributed by atoms with E-state index in [-0.39, 0.29) is 6.04 Å². The minimum atomic E-state index is 0.0884. The second-order valence-corrected chi connectivity index (χ2v) is 5.71. The van der Waals surface area contributed by atoms with Gasteiger partial charge in [0.1, 0.15) is 0 Å². The Hall–Kier alpha value is -0.570. The lowest BCUT2D eigenvalue weighted by Gasteiger charge is -2.35. The molecule has 3 nitrogen and oxygen atoms in total. The molecule has 1 aliphatic carbocycles. The molecule has 2 rings (SSSR count). The Kier molecular flexibility index (Phi) is 4.43. The fourth-order valence-electron chi connectivity index (χ4n) is 3.33. The van der Waals surface area contributed by atoms with Crippen LogP contribution in [0.5, 0.6) is 0 Å². The molecule has 0 aromatic heterocycles. The van der Waals surface area contributed by atoms with Crippen LogP contribution in [0.2, 0.25) is 0 Å². The number of likely N-dealkylation sites (tertiary alicyclic amines) is 1. The van der Waals surface area contributed by atoms with Gasteiger partial charge in [0.05, 0.1) is 6.04 Å². The molecule has 0 aromatic rings. The van der Waals surface area contributed by atoms with Crippen LogP contribution in [0, 0.1) is 11.8 Å². The lowest BCUT2D eigenvalue weighted by Crippen LogP contribution is -2.51. The smallest absolute Gasteiger partial charge is 0.239 e. The molecule has 3 atom stereocenters. The first kappa shape index (κ1) is 12.9. The van der Waals surface area contributed by atoms with Crippen LogP contribution in [0.4, 0.5) is 0 Å². The summed E-state index contributed by atoms with van der Waals surface area (Å²) in [6.07, 6.45) is 6.19. The first-order valence-electron chi connectivity index (χ1n) is 7.24. The Bertz CT molecular complexity index is 265. The number of nitrogens with zero attached hydrogens (tertiary/aromatic N) is 1. The van der Waals surface area contributed by atoms with E-state index in [9.17, 15) is 4.79 Å². The number of carbonyl (C=O) groups is 1. The van der Waals surface area contributed by atoms with Gasteiger partial charge >= 0.3 is 0 Å². The van der Waals surface area contributed by atoms with E-state index in [1.807, 2.05) is 0 Å². The minimum Gasteiger partial charge on any atom is -0.341 e. The van der Waals surface area contributed by atoms with Crippen molar-refractivity contribution in [3.05, 3.63) is 0 Å². The second-order valence-electron chi connectivity index (χ2n) is 5.71. The SMILES string of the molecule is CCNC1CCCN(CC2CCCC2C)C1=O. The molecule has 0 spiro atoms. The number of hydrogen-bond acceptors (Lipinski definition) is 2. The van der Waals surface area contributed by atoms with Crippen LogP contribution < -0.4 is 5.32 Å². The summed E-state index contributed by atoms with van der Waals surface area (Å²) in [5.41, 5.74) is 0. The van der Waals surface area contributed by atoms with Crippen LogP contribution in [-0.2, 0) is 4.79 Å². The molecule has 98 valence electrons. The maximum atomic E-state index is 12.3. The fourth-order valence-corrected chi connectivity index (χ4v) is 3.33. The molecule has 1 amide bonds. The van der Waals surface area contributed by atoms with Gasteiger partial charge in [-0.1, -0.05) is 26.7 Å². The van der Waals surface area contributed by atoms with E-state index < -0.39 is 0 Å². The van der Waals surface area contributed by atoms with Gasteiger partial charge in [-0.25, -0.2) is 0 Å². The summed E-state index contributed by atoms with van der Waals surface area (Å²) in [5.74, 6) is 1.90. The molecule has 0 aromatic carbocycles. The first-order valence-corrected chi connectivity index (χ1v) is 7.24. The molecule has 1 saturated heterocycles. The van der Waals surface area contributed by atoms with Gasteiger partial charge in [0.2, 0.25) is 5.91 Å². The van der Waals surface area contributed by atoms with Crippen molar-refractivity contribution < 1.29 is 4.79 Å². The number of carbonyl (C=O) groups excluding carboxylic acids is 1. The molecule has 1 heterocycles. The molecule has 2 aliphatic rings. The van der Waals surface area contributed by atoms with Gasteiger partial charge in [0.15, 0.2) is 0 Å². The van der Waals surface area contributed by atoms with Gasteiger partial charge in [0, 0.05) is 13.1 Å². The van der Waals surface area contributed by atoms with Crippen molar-refractivity contribution >= 4 is 5.91 Å². The average Bonchev–Trinajstić information content (AvgIpc) is 2.70. The normalized spacial score (nSPS) is 34.4. The Balaban J connectivity index is 1.89. The Morgan fingerprint density at radius 2 is 2.12 bits per heavy atom. The van der Waals surface area contributed by atoms with Crippen molar-refractivity contribution in [2.75, 3.05) is 19.6 Å². The molecule has 17 heavy (non-hydrogen) atoms. The van der Waals surface area contributed by atoms with Gasteiger partial charge in [-0.2, -0.15) is 0 Å². The fraction of sp³-hybridized carbons (Fsp3) is 0.929. The Morgan fingerprint density at radius 3 is 2.76 bits per heavy atom. The van der Waals surface area contributed by atoms with E-state index in [1.54, 1.807) is 0 Å². The number of nitrogens with one attached hydrogen (secondary N) is 1. The highest BCUT2D eigenvalue weighted by Gasteiger charge is 2.32. The van der Waals surface area contributed by atoms with Crippen molar-refractivity contribution in [3.8, 4) is 0 Å². The third kappa shape index (κ3) is 3.01. The zero-order valence-corrected chi connectivity index (χ0v) is 11.2. The molecule has 0 radical (unpaired) electrons. The number of piperidine rings is 1. The summed E-state index contributed by atoms with van der Waals surface area (Å²) in [5, 5.41) is 3.31. The minimum absolute atomic E-state index is 0.0884. The van der Waals surface area contributed by atoms with Gasteiger partial charge in [0.25, 0.3) is 0 Å². The predicted molar refractivity (Wildman–Crippen MR) is 69.8 cm³/mol. The van der Waals surface area contributed by atoms with E-state index in [0.717, 1.165) is 44.3 Å². The summed E-state index contributed by atoms with van der Waals surface area (Å²) in [7, 11) is 0. The van der Waals surface area contributed by atoms with E-state index in [0.29, 0.717) is 5.91 Å². The summed E-state index contributed by atoms with van der Waals surface area (Å²) < 4.78 is 0. The predicted octanol–water partition coefficient (Wildman–Crippen LogP) is 2.02. The summed E-state index contributed by atoms with van der Waals surface area (Å²) in [4.78, 5) is 14.4. The highest BCUT2D eigenvalue weighted by Crippen LogP contribution is 2.32. The first-order chi connectivity index (χ1) is 8.22. The molecule has 2 fully saturated rings. The largest absolute Gasteiger partial charge is 0.341 e.